The molecule has 0 amide bonds. The molecule has 10 nitrogen and oxygen atoms in total. The summed E-state index contributed by atoms with van der Waals surface area (Å²) >= 11 is 3.45. The molecule has 0 fully saturated rings. The molecule has 0 unspecified atom stereocenters. The second kappa shape index (κ2) is 8.72. The van der Waals surface area contributed by atoms with Crippen LogP contribution in [0.15, 0.2) is 41.3 Å². The van der Waals surface area contributed by atoms with Gasteiger partial charge in [0.25, 0.3) is 5.95 Å². The topological polar surface area (TPSA) is 106 Å². The van der Waals surface area contributed by atoms with Crippen molar-refractivity contribution in [2.45, 2.75) is 13.5 Å². The maximum Gasteiger partial charge on any atom is 0.341 e. The first-order chi connectivity index (χ1) is 15.0. The Balaban J connectivity index is 1.72. The molecule has 3 heterocycles. The molecular formula is C20H19BrN6O4. The number of rotatable bonds is 7. The number of carbonyl (C=O) groups is 1. The highest BCUT2D eigenvalue weighted by Gasteiger charge is 2.18. The summed E-state index contributed by atoms with van der Waals surface area (Å²) in [6, 6.07) is 5.79. The van der Waals surface area contributed by atoms with Crippen LogP contribution in [0, 0.1) is 0 Å². The number of halogens is 1. The summed E-state index contributed by atoms with van der Waals surface area (Å²) in [6.45, 7) is 2.46. The summed E-state index contributed by atoms with van der Waals surface area (Å²) in [5.41, 5.74) is 2.45. The van der Waals surface area contributed by atoms with Crippen LogP contribution < -0.4 is 9.47 Å². The first-order valence-electron chi connectivity index (χ1n) is 9.36. The predicted octanol–water partition coefficient (Wildman–Crippen LogP) is 3.02. The van der Waals surface area contributed by atoms with Gasteiger partial charge in [-0.1, -0.05) is 22.0 Å². The Bertz CT molecular complexity index is 1250. The van der Waals surface area contributed by atoms with Crippen LogP contribution in [0.5, 0.6) is 11.6 Å². The van der Waals surface area contributed by atoms with Crippen LogP contribution >= 0.6 is 15.9 Å². The third-order valence-electron chi connectivity index (χ3n) is 4.51. The molecule has 0 N–H and O–H groups in total. The molecule has 0 saturated carbocycles. The van der Waals surface area contributed by atoms with E-state index in [2.05, 4.69) is 36.1 Å². The molecule has 0 aliphatic rings. The Kier molecular flexibility index (Phi) is 5.85. The van der Waals surface area contributed by atoms with Crippen LogP contribution in [0.1, 0.15) is 22.8 Å². The van der Waals surface area contributed by atoms with E-state index in [1.807, 2.05) is 18.2 Å². The lowest BCUT2D eigenvalue weighted by atomic mass is 10.2. The van der Waals surface area contributed by atoms with E-state index in [1.165, 1.54) is 24.2 Å². The SMILES string of the molecule is CCOC(=O)c1cnn(-c2nc(OC)c3c(cnn3Cc3ccc(Br)cc3OC)n2)c1. The molecule has 0 radical (unpaired) electrons. The molecule has 0 aliphatic carbocycles. The van der Waals surface area contributed by atoms with Crippen molar-refractivity contribution in [1.29, 1.82) is 0 Å². The van der Waals surface area contributed by atoms with E-state index in [1.54, 1.807) is 24.9 Å². The van der Waals surface area contributed by atoms with Crippen LogP contribution in [0.4, 0.5) is 0 Å². The lowest BCUT2D eigenvalue weighted by molar-refractivity contribution is 0.0526. The van der Waals surface area contributed by atoms with E-state index >= 15 is 0 Å². The van der Waals surface area contributed by atoms with Gasteiger partial charge in [0, 0.05) is 16.2 Å². The van der Waals surface area contributed by atoms with Crippen molar-refractivity contribution in [3.05, 3.63) is 52.4 Å². The average molecular weight is 487 g/mol. The maximum atomic E-state index is 11.9. The van der Waals surface area contributed by atoms with Crippen molar-refractivity contribution in [3.8, 4) is 17.6 Å². The van der Waals surface area contributed by atoms with Crippen molar-refractivity contribution >= 4 is 32.9 Å². The van der Waals surface area contributed by atoms with E-state index in [4.69, 9.17) is 14.2 Å². The normalized spacial score (nSPS) is 11.0. The van der Waals surface area contributed by atoms with Gasteiger partial charge in [-0.3, -0.25) is 4.68 Å². The molecule has 0 atom stereocenters. The molecular weight excluding hydrogens is 468 g/mol. The van der Waals surface area contributed by atoms with Gasteiger partial charge in [-0.15, -0.1) is 0 Å². The lowest BCUT2D eigenvalue weighted by Gasteiger charge is -2.11. The number of aromatic nitrogens is 6. The largest absolute Gasteiger partial charge is 0.496 e. The highest BCUT2D eigenvalue weighted by molar-refractivity contribution is 9.10. The summed E-state index contributed by atoms with van der Waals surface area (Å²) in [4.78, 5) is 20.9. The van der Waals surface area contributed by atoms with Crippen LogP contribution in [-0.2, 0) is 11.3 Å². The second-order valence-electron chi connectivity index (χ2n) is 6.42. The predicted molar refractivity (Wildman–Crippen MR) is 115 cm³/mol. The summed E-state index contributed by atoms with van der Waals surface area (Å²) < 4.78 is 20.0. The molecule has 4 rings (SSSR count). The number of fused-ring (bicyclic) bond motifs is 1. The number of methoxy groups -OCH3 is 2. The lowest BCUT2D eigenvalue weighted by Crippen LogP contribution is -2.08. The van der Waals surface area contributed by atoms with Crippen LogP contribution in [-0.4, -0.2) is 56.3 Å². The van der Waals surface area contributed by atoms with Crippen LogP contribution in [0.25, 0.3) is 17.0 Å². The third kappa shape index (κ3) is 4.08. The highest BCUT2D eigenvalue weighted by Crippen LogP contribution is 2.28. The van der Waals surface area contributed by atoms with Gasteiger partial charge >= 0.3 is 5.97 Å². The summed E-state index contributed by atoms with van der Waals surface area (Å²) in [5.74, 6) is 0.859. The molecule has 0 saturated heterocycles. The van der Waals surface area contributed by atoms with Gasteiger partial charge < -0.3 is 14.2 Å². The van der Waals surface area contributed by atoms with Crippen LogP contribution in [0.2, 0.25) is 0 Å². The second-order valence-corrected chi connectivity index (χ2v) is 7.33. The molecule has 31 heavy (non-hydrogen) atoms. The maximum absolute atomic E-state index is 11.9. The number of benzene rings is 1. The number of hydrogen-bond donors (Lipinski definition) is 0. The Morgan fingerprint density at radius 2 is 1.97 bits per heavy atom. The van der Waals surface area contributed by atoms with E-state index < -0.39 is 5.97 Å². The highest BCUT2D eigenvalue weighted by atomic mass is 79.9. The minimum absolute atomic E-state index is 0.251. The van der Waals surface area contributed by atoms with Gasteiger partial charge in [-0.05, 0) is 19.1 Å². The molecule has 11 heteroatoms. The van der Waals surface area contributed by atoms with Crippen molar-refractivity contribution in [3.63, 3.8) is 0 Å². The number of hydrogen-bond acceptors (Lipinski definition) is 8. The van der Waals surface area contributed by atoms with Crippen LogP contribution in [0.3, 0.4) is 0 Å². The number of esters is 1. The number of nitrogens with zero attached hydrogens (tertiary/aromatic N) is 6. The van der Waals surface area contributed by atoms with E-state index in [0.29, 0.717) is 29.0 Å². The van der Waals surface area contributed by atoms with Crippen molar-refractivity contribution < 1.29 is 19.0 Å². The van der Waals surface area contributed by atoms with Crippen molar-refractivity contribution in [1.82, 2.24) is 29.5 Å². The zero-order chi connectivity index (χ0) is 22.0. The van der Waals surface area contributed by atoms with Gasteiger partial charge in [-0.25, -0.2) is 14.5 Å². The fourth-order valence-electron chi connectivity index (χ4n) is 3.08. The standard InChI is InChI=1S/C20H19BrN6O4/c1-4-31-19(28)13-8-22-27(11-13)20-24-15-9-23-26(17(15)18(25-20)30-3)10-12-5-6-14(21)7-16(12)29-2/h5-9,11H,4,10H2,1-3H3. The Hall–Kier alpha value is -3.47. The molecule has 3 aromatic heterocycles. The molecule has 4 aromatic rings. The third-order valence-corrected chi connectivity index (χ3v) is 5.00. The summed E-state index contributed by atoms with van der Waals surface area (Å²) in [6.07, 6.45) is 4.54. The van der Waals surface area contributed by atoms with E-state index in [-0.39, 0.29) is 12.6 Å². The first kappa shape index (κ1) is 20.8. The van der Waals surface area contributed by atoms with Crippen molar-refractivity contribution in [2.75, 3.05) is 20.8 Å². The fourth-order valence-corrected chi connectivity index (χ4v) is 3.42. The minimum Gasteiger partial charge on any atom is -0.496 e. The molecule has 0 spiro atoms. The molecule has 0 aliphatic heterocycles. The summed E-state index contributed by atoms with van der Waals surface area (Å²) in [5, 5.41) is 8.62. The van der Waals surface area contributed by atoms with Gasteiger partial charge in [-0.2, -0.15) is 15.2 Å². The quantitative estimate of drug-likeness (QED) is 0.367. The van der Waals surface area contributed by atoms with Crippen molar-refractivity contribution in [2.24, 2.45) is 0 Å². The molecule has 1 aromatic carbocycles. The zero-order valence-corrected chi connectivity index (χ0v) is 18.7. The van der Waals surface area contributed by atoms with E-state index in [9.17, 15) is 4.79 Å². The Morgan fingerprint density at radius 3 is 2.71 bits per heavy atom. The average Bonchev–Trinajstić information content (AvgIpc) is 3.42. The summed E-state index contributed by atoms with van der Waals surface area (Å²) in [7, 11) is 3.15. The zero-order valence-electron chi connectivity index (χ0n) is 17.1. The van der Waals surface area contributed by atoms with Gasteiger partial charge in [0.1, 0.15) is 16.8 Å². The first-order valence-corrected chi connectivity index (χ1v) is 10.2. The van der Waals surface area contributed by atoms with Gasteiger partial charge in [0.05, 0.1) is 45.3 Å². The monoisotopic (exact) mass is 486 g/mol. The number of ether oxygens (including phenoxy) is 3. The van der Waals surface area contributed by atoms with Gasteiger partial charge in [0.15, 0.2) is 0 Å². The minimum atomic E-state index is -0.460. The smallest absolute Gasteiger partial charge is 0.341 e. The molecule has 0 bridgehead atoms. The Morgan fingerprint density at radius 1 is 1.13 bits per heavy atom. The van der Waals surface area contributed by atoms with E-state index in [0.717, 1.165) is 15.8 Å². The number of carbonyl (C=O) groups excluding carboxylic acids is 1. The molecule has 160 valence electrons. The fraction of sp³-hybridized carbons (Fsp3) is 0.250. The van der Waals surface area contributed by atoms with Gasteiger partial charge in [0.2, 0.25) is 5.88 Å². The Labute approximate surface area is 185 Å².